The lowest BCUT2D eigenvalue weighted by Gasteiger charge is -2.27. The molecule has 2 aliphatic rings. The van der Waals surface area contributed by atoms with Gasteiger partial charge in [-0.3, -0.25) is 4.79 Å². The highest BCUT2D eigenvalue weighted by Crippen LogP contribution is 2.41. The number of nitrogens with zero attached hydrogens (tertiary/aromatic N) is 1. The molecule has 1 saturated heterocycles. The van der Waals surface area contributed by atoms with E-state index >= 15 is 0 Å². The zero-order valence-corrected chi connectivity index (χ0v) is 12.1. The first kappa shape index (κ1) is 13.4. The average molecular weight is 274 g/mol. The van der Waals surface area contributed by atoms with Crippen LogP contribution in [0.4, 0.5) is 11.4 Å². The highest BCUT2D eigenvalue weighted by atomic mass is 16.3. The molecule has 1 atom stereocenters. The van der Waals surface area contributed by atoms with Crippen molar-refractivity contribution in [3.05, 3.63) is 23.8 Å². The molecule has 3 rings (SSSR count). The maximum absolute atomic E-state index is 11.5. The third kappa shape index (κ3) is 1.99. The molecular formula is C16H22N2O2. The van der Waals surface area contributed by atoms with Crippen LogP contribution in [0.2, 0.25) is 0 Å². The molecule has 0 spiro atoms. The molecule has 0 aromatic heterocycles. The largest absolute Gasteiger partial charge is 0.378 e. The molecule has 2 heterocycles. The summed E-state index contributed by atoms with van der Waals surface area (Å²) in [6, 6.07) is 5.87. The summed E-state index contributed by atoms with van der Waals surface area (Å²) in [4.78, 5) is 13.9. The van der Waals surface area contributed by atoms with E-state index in [1.165, 1.54) is 19.3 Å². The van der Waals surface area contributed by atoms with Gasteiger partial charge in [-0.2, -0.15) is 0 Å². The van der Waals surface area contributed by atoms with E-state index in [1.807, 2.05) is 18.2 Å². The van der Waals surface area contributed by atoms with Gasteiger partial charge < -0.3 is 15.3 Å². The number of aliphatic hydroxyl groups excluding tert-OH is 1. The summed E-state index contributed by atoms with van der Waals surface area (Å²) in [6.45, 7) is 6.69. The van der Waals surface area contributed by atoms with E-state index in [2.05, 4.69) is 24.1 Å². The molecule has 2 N–H and O–H groups in total. The molecule has 0 radical (unpaired) electrons. The minimum absolute atomic E-state index is 0.324. The van der Waals surface area contributed by atoms with Crippen LogP contribution >= 0.6 is 0 Å². The first-order valence-corrected chi connectivity index (χ1v) is 7.46. The number of anilines is 2. The Morgan fingerprint density at radius 3 is 2.80 bits per heavy atom. The molecule has 4 nitrogen and oxygen atoms in total. The van der Waals surface area contributed by atoms with Gasteiger partial charge in [-0.05, 0) is 36.8 Å². The van der Waals surface area contributed by atoms with Crippen LogP contribution in [-0.4, -0.2) is 24.1 Å². The van der Waals surface area contributed by atoms with Gasteiger partial charge in [0.1, 0.15) is 0 Å². The monoisotopic (exact) mass is 274 g/mol. The Kier molecular flexibility index (Phi) is 3.21. The van der Waals surface area contributed by atoms with Gasteiger partial charge in [-0.15, -0.1) is 0 Å². The van der Waals surface area contributed by atoms with Gasteiger partial charge >= 0.3 is 0 Å². The molecule has 1 amide bonds. The zero-order valence-electron chi connectivity index (χ0n) is 12.1. The minimum atomic E-state index is -1.01. The van der Waals surface area contributed by atoms with Crippen molar-refractivity contribution in [3.63, 3.8) is 0 Å². The van der Waals surface area contributed by atoms with Crippen LogP contribution in [0.3, 0.4) is 0 Å². The van der Waals surface area contributed by atoms with Crippen molar-refractivity contribution >= 4 is 17.3 Å². The van der Waals surface area contributed by atoms with Crippen LogP contribution in [0, 0.1) is 5.41 Å². The van der Waals surface area contributed by atoms with Crippen LogP contribution in [-0.2, 0) is 4.79 Å². The van der Waals surface area contributed by atoms with Crippen molar-refractivity contribution in [1.82, 2.24) is 0 Å². The van der Waals surface area contributed by atoms with E-state index in [9.17, 15) is 9.90 Å². The Bertz CT molecular complexity index is 537. The Hall–Kier alpha value is -1.55. The lowest BCUT2D eigenvalue weighted by atomic mass is 9.82. The van der Waals surface area contributed by atoms with Crippen molar-refractivity contribution in [2.75, 3.05) is 23.3 Å². The fourth-order valence-corrected chi connectivity index (χ4v) is 3.41. The molecule has 1 aromatic rings. The fourth-order valence-electron chi connectivity index (χ4n) is 3.41. The fraction of sp³-hybridized carbons (Fsp3) is 0.562. The summed E-state index contributed by atoms with van der Waals surface area (Å²) in [5, 5.41) is 12.5. The predicted molar refractivity (Wildman–Crippen MR) is 79.9 cm³/mol. The Morgan fingerprint density at radius 2 is 2.15 bits per heavy atom. The number of hydrogen-bond acceptors (Lipinski definition) is 3. The molecule has 1 fully saturated rings. The molecule has 1 unspecified atom stereocenters. The molecule has 0 saturated carbocycles. The lowest BCUT2D eigenvalue weighted by Crippen LogP contribution is -2.26. The van der Waals surface area contributed by atoms with Crippen molar-refractivity contribution in [1.29, 1.82) is 0 Å². The SMILES string of the molecule is CCC1(CC)CCN(c2ccc3c(c2)NC(=O)C3O)C1. The second-order valence-electron chi connectivity index (χ2n) is 6.04. The third-order valence-corrected chi connectivity index (χ3v) is 5.14. The number of carbonyl (C=O) groups is 1. The minimum Gasteiger partial charge on any atom is -0.378 e. The lowest BCUT2D eigenvalue weighted by molar-refractivity contribution is -0.123. The van der Waals surface area contributed by atoms with Gasteiger partial charge in [-0.25, -0.2) is 0 Å². The Balaban J connectivity index is 1.84. The topological polar surface area (TPSA) is 52.6 Å². The summed E-state index contributed by atoms with van der Waals surface area (Å²) in [6.07, 6.45) is 2.63. The van der Waals surface area contributed by atoms with Gasteiger partial charge in [-0.1, -0.05) is 19.9 Å². The van der Waals surface area contributed by atoms with E-state index < -0.39 is 6.10 Å². The second-order valence-corrected chi connectivity index (χ2v) is 6.04. The van der Waals surface area contributed by atoms with Gasteiger partial charge in [0.2, 0.25) is 0 Å². The maximum Gasteiger partial charge on any atom is 0.257 e. The van der Waals surface area contributed by atoms with E-state index in [4.69, 9.17) is 0 Å². The summed E-state index contributed by atoms with van der Waals surface area (Å²) in [7, 11) is 0. The van der Waals surface area contributed by atoms with E-state index in [-0.39, 0.29) is 5.91 Å². The van der Waals surface area contributed by atoms with Gasteiger partial charge in [0.25, 0.3) is 5.91 Å². The molecule has 2 aliphatic heterocycles. The van der Waals surface area contributed by atoms with E-state index in [0.717, 1.165) is 24.5 Å². The number of fused-ring (bicyclic) bond motifs is 1. The Morgan fingerprint density at radius 1 is 1.40 bits per heavy atom. The van der Waals surface area contributed by atoms with Crippen molar-refractivity contribution in [2.45, 2.75) is 39.2 Å². The smallest absolute Gasteiger partial charge is 0.257 e. The number of aliphatic hydroxyl groups is 1. The molecular weight excluding hydrogens is 252 g/mol. The molecule has 108 valence electrons. The van der Waals surface area contributed by atoms with Crippen LogP contribution < -0.4 is 10.2 Å². The molecule has 0 aliphatic carbocycles. The standard InChI is InChI=1S/C16H22N2O2/c1-3-16(4-2)7-8-18(10-16)11-5-6-12-13(9-11)17-15(20)14(12)19/h5-6,9,14,19H,3-4,7-8,10H2,1-2H3,(H,17,20). The maximum atomic E-state index is 11.5. The number of amides is 1. The highest BCUT2D eigenvalue weighted by molar-refractivity contribution is 6.02. The molecule has 20 heavy (non-hydrogen) atoms. The molecule has 1 aromatic carbocycles. The second kappa shape index (κ2) is 4.77. The normalized spacial score (nSPS) is 23.9. The summed E-state index contributed by atoms with van der Waals surface area (Å²) in [5.41, 5.74) is 3.02. The zero-order chi connectivity index (χ0) is 14.3. The number of hydrogen-bond donors (Lipinski definition) is 2. The van der Waals surface area contributed by atoms with Crippen molar-refractivity contribution < 1.29 is 9.90 Å². The number of rotatable bonds is 3. The number of carbonyl (C=O) groups excluding carboxylic acids is 1. The van der Waals surface area contributed by atoms with Crippen molar-refractivity contribution in [2.24, 2.45) is 5.41 Å². The van der Waals surface area contributed by atoms with Gasteiger partial charge in [0.15, 0.2) is 6.10 Å². The molecule has 0 bridgehead atoms. The molecule has 4 heteroatoms. The quantitative estimate of drug-likeness (QED) is 0.891. The van der Waals surface area contributed by atoms with Gasteiger partial charge in [0, 0.05) is 30.0 Å². The van der Waals surface area contributed by atoms with Gasteiger partial charge in [0.05, 0.1) is 0 Å². The summed E-state index contributed by atoms with van der Waals surface area (Å²) >= 11 is 0. The van der Waals surface area contributed by atoms with Crippen molar-refractivity contribution in [3.8, 4) is 0 Å². The Labute approximate surface area is 119 Å². The highest BCUT2D eigenvalue weighted by Gasteiger charge is 2.36. The van der Waals surface area contributed by atoms with Crippen LogP contribution in [0.25, 0.3) is 0 Å². The first-order chi connectivity index (χ1) is 9.58. The summed E-state index contributed by atoms with van der Waals surface area (Å²) in [5.74, 6) is -0.324. The summed E-state index contributed by atoms with van der Waals surface area (Å²) < 4.78 is 0. The number of benzene rings is 1. The van der Waals surface area contributed by atoms with Crippen LogP contribution in [0.1, 0.15) is 44.8 Å². The average Bonchev–Trinajstić information content (AvgIpc) is 3.02. The van der Waals surface area contributed by atoms with E-state index in [1.54, 1.807) is 0 Å². The van der Waals surface area contributed by atoms with Crippen LogP contribution in [0.5, 0.6) is 0 Å². The first-order valence-electron chi connectivity index (χ1n) is 7.46. The predicted octanol–water partition coefficient (Wildman–Crippen LogP) is 2.69. The third-order valence-electron chi connectivity index (χ3n) is 5.14. The van der Waals surface area contributed by atoms with Crippen LogP contribution in [0.15, 0.2) is 18.2 Å². The van der Waals surface area contributed by atoms with E-state index in [0.29, 0.717) is 11.0 Å². The number of nitrogens with one attached hydrogen (secondary N) is 1.